The monoisotopic (exact) mass is 322 g/mol. The first-order chi connectivity index (χ1) is 9.06. The second-order valence-corrected chi connectivity index (χ2v) is 4.97. The van der Waals surface area contributed by atoms with Crippen molar-refractivity contribution in [3.05, 3.63) is 22.8 Å². The maximum atomic E-state index is 11.3. The number of anilines is 2. The summed E-state index contributed by atoms with van der Waals surface area (Å²) in [5.74, 6) is 0.919. The number of halogens is 1. The van der Waals surface area contributed by atoms with Crippen molar-refractivity contribution in [2.45, 2.75) is 0 Å². The number of imidazole rings is 1. The van der Waals surface area contributed by atoms with Crippen molar-refractivity contribution >= 4 is 33.5 Å². The number of nitrogen functional groups attached to an aromatic ring is 1. The van der Waals surface area contributed by atoms with Crippen LogP contribution in [0.15, 0.2) is 22.8 Å². The predicted octanol–water partition coefficient (Wildman–Crippen LogP) is 1.76. The maximum absolute atomic E-state index is 11.3. The Bertz CT molecular complexity index is 681. The number of amides is 1. The summed E-state index contributed by atoms with van der Waals surface area (Å²) in [7, 11) is 1.83. The quantitative estimate of drug-likeness (QED) is 0.838. The number of nitrogens with zero attached hydrogens (tertiary/aromatic N) is 2. The number of hydrogen-bond acceptors (Lipinski definition) is 4. The summed E-state index contributed by atoms with van der Waals surface area (Å²) in [4.78, 5) is 15.5. The largest absolute Gasteiger partial charge is 0.482 e. The lowest BCUT2D eigenvalue weighted by molar-refractivity contribution is -0.118. The number of rotatable bonds is 1. The van der Waals surface area contributed by atoms with Crippen molar-refractivity contribution in [2.75, 3.05) is 17.7 Å². The number of ether oxygens (including phenoxy) is 1. The number of aromatic nitrogens is 2. The van der Waals surface area contributed by atoms with Gasteiger partial charge < -0.3 is 20.4 Å². The van der Waals surface area contributed by atoms with Crippen LogP contribution >= 0.6 is 15.9 Å². The number of nitrogens with two attached hydrogens (primary N) is 1. The van der Waals surface area contributed by atoms with E-state index in [9.17, 15) is 4.79 Å². The average Bonchev–Trinajstić information content (AvgIpc) is 2.62. The van der Waals surface area contributed by atoms with Crippen LogP contribution in [0.25, 0.3) is 11.3 Å². The van der Waals surface area contributed by atoms with Crippen molar-refractivity contribution in [3.63, 3.8) is 0 Å². The molecule has 0 aliphatic carbocycles. The van der Waals surface area contributed by atoms with Crippen molar-refractivity contribution < 1.29 is 9.53 Å². The maximum Gasteiger partial charge on any atom is 0.262 e. The van der Waals surface area contributed by atoms with E-state index in [-0.39, 0.29) is 12.5 Å². The molecule has 0 fully saturated rings. The van der Waals surface area contributed by atoms with Crippen LogP contribution < -0.4 is 15.8 Å². The predicted molar refractivity (Wildman–Crippen MR) is 74.9 cm³/mol. The fourth-order valence-corrected chi connectivity index (χ4v) is 2.70. The Hall–Kier alpha value is -2.02. The molecule has 0 unspecified atom stereocenters. The van der Waals surface area contributed by atoms with E-state index in [2.05, 4.69) is 26.2 Å². The Morgan fingerprint density at radius 1 is 1.53 bits per heavy atom. The molecule has 1 aliphatic heterocycles. The molecule has 0 atom stereocenters. The van der Waals surface area contributed by atoms with Gasteiger partial charge in [-0.2, -0.15) is 0 Å². The summed E-state index contributed by atoms with van der Waals surface area (Å²) in [6, 6.07) is 5.56. The Morgan fingerprint density at radius 3 is 3.00 bits per heavy atom. The van der Waals surface area contributed by atoms with Gasteiger partial charge in [0.2, 0.25) is 5.95 Å². The van der Waals surface area contributed by atoms with Crippen molar-refractivity contribution in [2.24, 2.45) is 7.05 Å². The van der Waals surface area contributed by atoms with E-state index < -0.39 is 0 Å². The van der Waals surface area contributed by atoms with Gasteiger partial charge in [0.15, 0.2) is 6.61 Å². The minimum Gasteiger partial charge on any atom is -0.482 e. The second-order valence-electron chi connectivity index (χ2n) is 4.22. The van der Waals surface area contributed by atoms with Crippen LogP contribution in [0, 0.1) is 0 Å². The van der Waals surface area contributed by atoms with Gasteiger partial charge in [-0.3, -0.25) is 4.79 Å². The minimum absolute atomic E-state index is 0.0503. The summed E-state index contributed by atoms with van der Waals surface area (Å²) < 4.78 is 7.76. The first kappa shape index (κ1) is 12.0. The second kappa shape index (κ2) is 4.27. The molecule has 1 aromatic carbocycles. The summed E-state index contributed by atoms with van der Waals surface area (Å²) in [6.45, 7) is 0.0503. The lowest BCUT2D eigenvalue weighted by Crippen LogP contribution is -2.25. The third kappa shape index (κ3) is 1.95. The highest BCUT2D eigenvalue weighted by Crippen LogP contribution is 2.35. The molecule has 1 amide bonds. The molecule has 7 heteroatoms. The molecule has 6 nitrogen and oxygen atoms in total. The van der Waals surface area contributed by atoms with Gasteiger partial charge in [-0.25, -0.2) is 4.98 Å². The SMILES string of the molecule is Cn1c(N)nc(Br)c1-c1ccc2c(c1)NC(=O)CO2. The molecule has 0 bridgehead atoms. The number of nitrogens with one attached hydrogen (secondary N) is 1. The van der Waals surface area contributed by atoms with Crippen LogP contribution in [0.3, 0.4) is 0 Å². The number of carbonyl (C=O) groups is 1. The number of fused-ring (bicyclic) bond motifs is 1. The zero-order valence-corrected chi connectivity index (χ0v) is 11.7. The lowest BCUT2D eigenvalue weighted by atomic mass is 10.1. The van der Waals surface area contributed by atoms with E-state index in [0.717, 1.165) is 11.3 Å². The van der Waals surface area contributed by atoms with E-state index >= 15 is 0 Å². The highest BCUT2D eigenvalue weighted by molar-refractivity contribution is 9.10. The third-order valence-electron chi connectivity index (χ3n) is 2.97. The van der Waals surface area contributed by atoms with Gasteiger partial charge >= 0.3 is 0 Å². The first-order valence-electron chi connectivity index (χ1n) is 5.61. The average molecular weight is 323 g/mol. The minimum atomic E-state index is -0.159. The Kier molecular flexibility index (Phi) is 2.70. The van der Waals surface area contributed by atoms with E-state index in [4.69, 9.17) is 10.5 Å². The molecule has 2 aromatic rings. The molecule has 98 valence electrons. The Morgan fingerprint density at radius 2 is 2.32 bits per heavy atom. The summed E-state index contributed by atoms with van der Waals surface area (Å²) >= 11 is 3.38. The molecule has 19 heavy (non-hydrogen) atoms. The lowest BCUT2D eigenvalue weighted by Gasteiger charge is -2.18. The molecule has 3 rings (SSSR count). The van der Waals surface area contributed by atoms with Crippen LogP contribution in [0.5, 0.6) is 5.75 Å². The van der Waals surface area contributed by atoms with Gasteiger partial charge in [0, 0.05) is 12.6 Å². The molecule has 0 saturated heterocycles. The summed E-state index contributed by atoms with van der Waals surface area (Å²) in [5, 5.41) is 2.78. The molecule has 0 saturated carbocycles. The van der Waals surface area contributed by atoms with E-state index in [1.807, 2.05) is 25.2 Å². The van der Waals surface area contributed by atoms with Gasteiger partial charge in [-0.05, 0) is 34.1 Å². The van der Waals surface area contributed by atoms with Gasteiger partial charge in [0.05, 0.1) is 11.4 Å². The van der Waals surface area contributed by atoms with Crippen LogP contribution in [-0.4, -0.2) is 22.1 Å². The topological polar surface area (TPSA) is 82.2 Å². The Labute approximate surface area is 117 Å². The zero-order valence-electron chi connectivity index (χ0n) is 10.1. The standard InChI is InChI=1S/C12H11BrN4O2/c1-17-10(11(13)16-12(17)14)6-2-3-8-7(4-6)15-9(18)5-19-8/h2-4H,5H2,1H3,(H2,14,16)(H,15,18). The smallest absolute Gasteiger partial charge is 0.262 e. The molecule has 1 aromatic heterocycles. The first-order valence-corrected chi connectivity index (χ1v) is 6.40. The molecule has 0 spiro atoms. The Balaban J connectivity index is 2.11. The van der Waals surface area contributed by atoms with Crippen LogP contribution in [-0.2, 0) is 11.8 Å². The normalized spacial score (nSPS) is 13.7. The molecule has 2 heterocycles. The summed E-state index contributed by atoms with van der Waals surface area (Å²) in [5.41, 5.74) is 8.16. The number of carbonyl (C=O) groups excluding carboxylic acids is 1. The fraction of sp³-hybridized carbons (Fsp3) is 0.167. The highest BCUT2D eigenvalue weighted by Gasteiger charge is 2.19. The molecule has 0 radical (unpaired) electrons. The fourth-order valence-electron chi connectivity index (χ4n) is 2.02. The van der Waals surface area contributed by atoms with Crippen LogP contribution in [0.4, 0.5) is 11.6 Å². The van der Waals surface area contributed by atoms with Crippen molar-refractivity contribution in [1.29, 1.82) is 0 Å². The van der Waals surface area contributed by atoms with Crippen LogP contribution in [0.2, 0.25) is 0 Å². The zero-order chi connectivity index (χ0) is 13.6. The van der Waals surface area contributed by atoms with Crippen molar-refractivity contribution in [1.82, 2.24) is 9.55 Å². The molecule has 3 N–H and O–H groups in total. The van der Waals surface area contributed by atoms with E-state index in [1.54, 1.807) is 4.57 Å². The summed E-state index contributed by atoms with van der Waals surface area (Å²) in [6.07, 6.45) is 0. The number of benzene rings is 1. The highest BCUT2D eigenvalue weighted by atomic mass is 79.9. The molecular formula is C12H11BrN4O2. The van der Waals surface area contributed by atoms with Gasteiger partial charge in [-0.15, -0.1) is 0 Å². The third-order valence-corrected chi connectivity index (χ3v) is 3.53. The molecular weight excluding hydrogens is 312 g/mol. The van der Waals surface area contributed by atoms with E-state index in [0.29, 0.717) is 22.0 Å². The van der Waals surface area contributed by atoms with Gasteiger partial charge in [0.25, 0.3) is 5.91 Å². The molecule has 1 aliphatic rings. The van der Waals surface area contributed by atoms with Crippen LogP contribution in [0.1, 0.15) is 0 Å². The van der Waals surface area contributed by atoms with Crippen molar-refractivity contribution in [3.8, 4) is 17.0 Å². The van der Waals surface area contributed by atoms with Gasteiger partial charge in [0.1, 0.15) is 10.4 Å². The number of hydrogen-bond donors (Lipinski definition) is 2. The van der Waals surface area contributed by atoms with E-state index in [1.165, 1.54) is 0 Å². The van der Waals surface area contributed by atoms with Gasteiger partial charge in [-0.1, -0.05) is 0 Å².